The van der Waals surface area contributed by atoms with Crippen LogP contribution in [0.1, 0.15) is 37.5 Å². The minimum atomic E-state index is 0.302. The minimum absolute atomic E-state index is 0.302. The predicted octanol–water partition coefficient (Wildman–Crippen LogP) is 4.91. The van der Waals surface area contributed by atoms with E-state index in [2.05, 4.69) is 70.4 Å². The second-order valence-corrected chi connectivity index (χ2v) is 10.3. The molecule has 0 aliphatic carbocycles. The summed E-state index contributed by atoms with van der Waals surface area (Å²) >= 11 is 4.45. The van der Waals surface area contributed by atoms with E-state index in [4.69, 9.17) is 0 Å². The Bertz CT molecular complexity index is 732. The first-order valence-electron chi connectivity index (χ1n) is 8.87. The highest BCUT2D eigenvalue weighted by atomic mass is 32.2. The smallest absolute Gasteiger partial charge is 0.101 e. The van der Waals surface area contributed by atoms with Crippen LogP contribution >= 0.6 is 23.5 Å². The lowest BCUT2D eigenvalue weighted by atomic mass is 9.86. The van der Waals surface area contributed by atoms with Gasteiger partial charge in [0.25, 0.3) is 0 Å². The average Bonchev–Trinajstić information content (AvgIpc) is 2.97. The maximum absolute atomic E-state index is 2.72. The number of rotatable bonds is 0. The Morgan fingerprint density at radius 1 is 1.13 bits per heavy atom. The third-order valence-electron chi connectivity index (χ3n) is 5.85. The zero-order chi connectivity index (χ0) is 15.4. The van der Waals surface area contributed by atoms with E-state index in [0.717, 1.165) is 5.92 Å². The van der Waals surface area contributed by atoms with Crippen LogP contribution < -0.4 is 0 Å². The maximum Gasteiger partial charge on any atom is 0.101 e. The summed E-state index contributed by atoms with van der Waals surface area (Å²) < 4.78 is 3.02. The molecule has 1 aromatic heterocycles. The van der Waals surface area contributed by atoms with Crippen LogP contribution in [0.4, 0.5) is 0 Å². The summed E-state index contributed by atoms with van der Waals surface area (Å²) in [4.78, 5) is 2.61. The van der Waals surface area contributed by atoms with Crippen LogP contribution in [0.5, 0.6) is 0 Å². The number of fused-ring (bicyclic) bond motifs is 6. The van der Waals surface area contributed by atoms with Gasteiger partial charge in [-0.2, -0.15) is 0 Å². The van der Waals surface area contributed by atoms with Gasteiger partial charge in [0.05, 0.1) is 6.17 Å². The lowest BCUT2D eigenvalue weighted by Gasteiger charge is -2.51. The predicted molar refractivity (Wildman–Crippen MR) is 102 cm³/mol. The number of piperidine rings is 1. The van der Waals surface area contributed by atoms with Crippen LogP contribution in [0.25, 0.3) is 10.9 Å². The zero-order valence-electron chi connectivity index (χ0n) is 13.7. The number of hydrogen-bond donors (Lipinski definition) is 0. The zero-order valence-corrected chi connectivity index (χ0v) is 15.3. The number of likely N-dealkylation sites (tertiary alicyclic amines) is 1. The van der Waals surface area contributed by atoms with Crippen molar-refractivity contribution in [3.8, 4) is 0 Å². The van der Waals surface area contributed by atoms with Gasteiger partial charge in [-0.25, -0.2) is 0 Å². The third-order valence-corrected chi connectivity index (χ3v) is 9.23. The Morgan fingerprint density at radius 3 is 2.83 bits per heavy atom. The number of thioether (sulfide) groups is 2. The summed E-state index contributed by atoms with van der Waals surface area (Å²) in [7, 11) is 2.33. The first-order chi connectivity index (χ1) is 11.3. The molecule has 2 nitrogen and oxygen atoms in total. The summed E-state index contributed by atoms with van der Waals surface area (Å²) in [6, 6.07) is 11.5. The normalized spacial score (nSPS) is 30.3. The molecule has 2 fully saturated rings. The van der Waals surface area contributed by atoms with Gasteiger partial charge in [-0.05, 0) is 74.2 Å². The monoisotopic (exact) mass is 344 g/mol. The van der Waals surface area contributed by atoms with E-state index in [1.165, 1.54) is 54.6 Å². The standard InChI is InChI=1S/C19H24N2S2/c1-20-9-4-7-15-13-19(22-10-5-11-23-19)17-12-14-6-2-3-8-16(14)21(17)18(15)20/h2-3,6,8,12,15,18H,4-5,7,9-11,13H2,1H3. The fraction of sp³-hybridized carbons (Fsp3) is 0.579. The van der Waals surface area contributed by atoms with E-state index in [-0.39, 0.29) is 0 Å². The molecular weight excluding hydrogens is 320 g/mol. The van der Waals surface area contributed by atoms with Crippen molar-refractivity contribution in [1.82, 2.24) is 9.47 Å². The van der Waals surface area contributed by atoms with E-state index >= 15 is 0 Å². The fourth-order valence-corrected chi connectivity index (χ4v) is 8.43. The fourth-order valence-electron chi connectivity index (χ4n) is 4.90. The van der Waals surface area contributed by atoms with Gasteiger partial charge < -0.3 is 4.57 Å². The van der Waals surface area contributed by atoms with Crippen LogP contribution in [0.3, 0.4) is 0 Å². The molecule has 0 bridgehead atoms. The summed E-state index contributed by atoms with van der Waals surface area (Å²) in [5.74, 6) is 3.44. The van der Waals surface area contributed by atoms with Gasteiger partial charge in [-0.15, -0.1) is 23.5 Å². The van der Waals surface area contributed by atoms with Gasteiger partial charge in [0, 0.05) is 11.2 Å². The quantitative estimate of drug-likeness (QED) is 0.671. The van der Waals surface area contributed by atoms with Crippen molar-refractivity contribution < 1.29 is 0 Å². The molecule has 4 heteroatoms. The van der Waals surface area contributed by atoms with Crippen molar-refractivity contribution in [3.05, 3.63) is 36.0 Å². The van der Waals surface area contributed by atoms with E-state index in [9.17, 15) is 0 Å². The van der Waals surface area contributed by atoms with Crippen LogP contribution in [0.15, 0.2) is 30.3 Å². The minimum Gasteiger partial charge on any atom is -0.326 e. The largest absolute Gasteiger partial charge is 0.326 e. The number of benzene rings is 1. The first kappa shape index (κ1) is 14.7. The topological polar surface area (TPSA) is 8.17 Å². The van der Waals surface area contributed by atoms with Crippen molar-refractivity contribution in [3.63, 3.8) is 0 Å². The summed E-state index contributed by atoms with van der Waals surface area (Å²) in [6.45, 7) is 1.24. The Hall–Kier alpha value is -0.580. The molecular formula is C19H24N2S2. The van der Waals surface area contributed by atoms with Crippen LogP contribution in [-0.4, -0.2) is 34.6 Å². The number of aromatic nitrogens is 1. The van der Waals surface area contributed by atoms with Crippen LogP contribution in [0, 0.1) is 5.92 Å². The second-order valence-electron chi connectivity index (χ2n) is 7.26. The molecule has 1 spiro atoms. The Morgan fingerprint density at radius 2 is 1.96 bits per heavy atom. The Kier molecular flexibility index (Phi) is 3.50. The molecule has 0 radical (unpaired) electrons. The molecule has 0 saturated carbocycles. The van der Waals surface area contributed by atoms with Gasteiger partial charge in [0.15, 0.2) is 0 Å². The van der Waals surface area contributed by atoms with Crippen LogP contribution in [0.2, 0.25) is 0 Å². The van der Waals surface area contributed by atoms with Crippen molar-refractivity contribution >= 4 is 34.4 Å². The molecule has 3 aliphatic heterocycles. The highest BCUT2D eigenvalue weighted by molar-refractivity contribution is 8.18. The molecule has 2 aromatic rings. The average molecular weight is 345 g/mol. The van der Waals surface area contributed by atoms with E-state index in [1.54, 1.807) is 5.69 Å². The molecule has 2 atom stereocenters. The Labute approximate surface area is 147 Å². The lowest BCUT2D eigenvalue weighted by Crippen LogP contribution is -2.47. The molecule has 1 aromatic carbocycles. The molecule has 2 saturated heterocycles. The van der Waals surface area contributed by atoms with Crippen molar-refractivity contribution in [2.45, 2.75) is 35.9 Å². The second kappa shape index (κ2) is 5.47. The van der Waals surface area contributed by atoms with Gasteiger partial charge in [-0.1, -0.05) is 18.2 Å². The van der Waals surface area contributed by atoms with E-state index < -0.39 is 0 Å². The number of hydrogen-bond acceptors (Lipinski definition) is 3. The summed E-state index contributed by atoms with van der Waals surface area (Å²) in [5, 5.41) is 1.42. The van der Waals surface area contributed by atoms with Gasteiger partial charge in [0.1, 0.15) is 4.08 Å². The van der Waals surface area contributed by atoms with Gasteiger partial charge >= 0.3 is 0 Å². The van der Waals surface area contributed by atoms with E-state index in [0.29, 0.717) is 10.2 Å². The molecule has 0 amide bonds. The van der Waals surface area contributed by atoms with Crippen LogP contribution in [-0.2, 0) is 4.08 Å². The molecule has 0 N–H and O–H groups in total. The lowest BCUT2D eigenvalue weighted by molar-refractivity contribution is 0.0459. The molecule has 2 unspecified atom stereocenters. The first-order valence-corrected chi connectivity index (χ1v) is 10.8. The maximum atomic E-state index is 2.72. The van der Waals surface area contributed by atoms with Crippen molar-refractivity contribution in [1.29, 1.82) is 0 Å². The van der Waals surface area contributed by atoms with Gasteiger partial charge in [0.2, 0.25) is 0 Å². The van der Waals surface area contributed by atoms with E-state index in [1.807, 2.05) is 0 Å². The summed E-state index contributed by atoms with van der Waals surface area (Å²) in [5.41, 5.74) is 3.03. The summed E-state index contributed by atoms with van der Waals surface area (Å²) in [6.07, 6.45) is 6.04. The Balaban J connectivity index is 1.76. The van der Waals surface area contributed by atoms with Crippen molar-refractivity contribution in [2.75, 3.05) is 25.1 Å². The van der Waals surface area contributed by atoms with Gasteiger partial charge in [-0.3, -0.25) is 4.90 Å². The highest BCUT2D eigenvalue weighted by Crippen LogP contribution is 2.60. The molecule has 4 heterocycles. The van der Waals surface area contributed by atoms with Crippen molar-refractivity contribution in [2.24, 2.45) is 5.92 Å². The SMILES string of the molecule is CN1CCCC2CC3(SCCCS3)c3cc4ccccc4n3C21. The molecule has 23 heavy (non-hydrogen) atoms. The molecule has 122 valence electrons. The third kappa shape index (κ3) is 2.14. The highest BCUT2D eigenvalue weighted by Gasteiger charge is 2.49. The number of nitrogens with zero attached hydrogens (tertiary/aromatic N) is 2. The molecule has 5 rings (SSSR count). The number of para-hydroxylation sites is 1. The molecule has 3 aliphatic rings.